The molecule has 106 valence electrons. The smallest absolute Gasteiger partial charge is 0.240 e. The third kappa shape index (κ3) is 2.26. The number of benzene rings is 1. The Bertz CT molecular complexity index is 581. The van der Waals surface area contributed by atoms with Crippen LogP contribution < -0.4 is 4.90 Å². The second-order valence-electron chi connectivity index (χ2n) is 5.65. The van der Waals surface area contributed by atoms with Crippen molar-refractivity contribution in [2.45, 2.75) is 38.5 Å². The van der Waals surface area contributed by atoms with Gasteiger partial charge < -0.3 is 0 Å². The Kier molecular flexibility index (Phi) is 3.79. The van der Waals surface area contributed by atoms with E-state index in [4.69, 9.17) is 11.6 Å². The quantitative estimate of drug-likeness (QED) is 0.522. The van der Waals surface area contributed by atoms with Crippen molar-refractivity contribution in [3.8, 4) is 0 Å². The Morgan fingerprint density at radius 2 is 1.85 bits per heavy atom. The first-order valence-corrected chi connectivity index (χ1v) is 8.32. The third-order valence-corrected chi connectivity index (χ3v) is 5.46. The van der Waals surface area contributed by atoms with Crippen LogP contribution in [0.2, 0.25) is 5.02 Å². The fraction of sp³-hybridized carbons (Fsp3) is 0.467. The first kappa shape index (κ1) is 14.3. The van der Waals surface area contributed by atoms with Gasteiger partial charge in [0.2, 0.25) is 11.8 Å². The summed E-state index contributed by atoms with van der Waals surface area (Å²) in [7, 11) is 0. The molecular formula is C15H15ClINO2. The van der Waals surface area contributed by atoms with Crippen LogP contribution in [0.25, 0.3) is 0 Å². The molecular weight excluding hydrogens is 389 g/mol. The molecule has 1 saturated carbocycles. The van der Waals surface area contributed by atoms with Crippen molar-refractivity contribution in [3.05, 3.63) is 26.8 Å². The van der Waals surface area contributed by atoms with Gasteiger partial charge in [-0.15, -0.1) is 0 Å². The molecule has 1 spiro atoms. The number of halogens is 2. The summed E-state index contributed by atoms with van der Waals surface area (Å²) in [4.78, 5) is 26.5. The lowest BCUT2D eigenvalue weighted by atomic mass is 9.73. The molecule has 2 aliphatic rings. The van der Waals surface area contributed by atoms with E-state index in [1.807, 2.05) is 0 Å². The summed E-state index contributed by atoms with van der Waals surface area (Å²) in [6.07, 6.45) is 5.32. The number of rotatable bonds is 1. The molecule has 0 aromatic heterocycles. The summed E-state index contributed by atoms with van der Waals surface area (Å²) >= 11 is 8.07. The second-order valence-corrected chi connectivity index (χ2v) is 7.25. The molecule has 3 nitrogen and oxygen atoms in total. The van der Waals surface area contributed by atoms with Gasteiger partial charge in [-0.05, 0) is 53.6 Å². The zero-order valence-corrected chi connectivity index (χ0v) is 13.9. The summed E-state index contributed by atoms with van der Waals surface area (Å²) in [5.74, 6) is -0.0837. The van der Waals surface area contributed by atoms with E-state index in [1.165, 1.54) is 11.3 Å². The number of anilines is 1. The van der Waals surface area contributed by atoms with Crippen LogP contribution in [-0.4, -0.2) is 11.8 Å². The molecule has 1 aliphatic heterocycles. The van der Waals surface area contributed by atoms with Crippen molar-refractivity contribution >= 4 is 51.7 Å². The maximum atomic E-state index is 12.8. The monoisotopic (exact) mass is 403 g/mol. The molecule has 0 radical (unpaired) electrons. The van der Waals surface area contributed by atoms with E-state index in [2.05, 4.69) is 22.6 Å². The number of carbonyl (C=O) groups is 2. The maximum absolute atomic E-state index is 12.8. The number of hydrogen-bond donors (Lipinski definition) is 0. The molecule has 0 unspecified atom stereocenters. The highest BCUT2D eigenvalue weighted by Crippen LogP contribution is 2.47. The zero-order chi connectivity index (χ0) is 14.3. The predicted octanol–water partition coefficient (Wildman–Crippen LogP) is 4.16. The van der Waals surface area contributed by atoms with Crippen molar-refractivity contribution in [1.29, 1.82) is 0 Å². The average Bonchev–Trinajstić information content (AvgIpc) is 2.63. The number of hydrogen-bond acceptors (Lipinski definition) is 2. The molecule has 2 fully saturated rings. The molecule has 1 saturated heterocycles. The summed E-state index contributed by atoms with van der Waals surface area (Å²) in [6, 6.07) is 5.27. The van der Waals surface area contributed by atoms with E-state index in [0.717, 1.165) is 29.3 Å². The lowest BCUT2D eigenvalue weighted by Gasteiger charge is -2.30. The largest absolute Gasteiger partial charge is 0.274 e. The topological polar surface area (TPSA) is 37.4 Å². The minimum atomic E-state index is -0.432. The molecule has 0 atom stereocenters. The van der Waals surface area contributed by atoms with Gasteiger partial charge in [-0.1, -0.05) is 30.9 Å². The fourth-order valence-electron chi connectivity index (χ4n) is 3.32. The van der Waals surface area contributed by atoms with Gasteiger partial charge in [0.05, 0.1) is 11.1 Å². The van der Waals surface area contributed by atoms with Crippen molar-refractivity contribution in [3.63, 3.8) is 0 Å². The van der Waals surface area contributed by atoms with E-state index in [1.54, 1.807) is 18.2 Å². The van der Waals surface area contributed by atoms with Crippen LogP contribution in [0.1, 0.15) is 38.5 Å². The van der Waals surface area contributed by atoms with E-state index >= 15 is 0 Å². The minimum Gasteiger partial charge on any atom is -0.274 e. The van der Waals surface area contributed by atoms with E-state index in [0.29, 0.717) is 17.1 Å². The minimum absolute atomic E-state index is 0.0116. The summed E-state index contributed by atoms with van der Waals surface area (Å²) in [6.45, 7) is 0. The first-order chi connectivity index (χ1) is 9.53. The van der Waals surface area contributed by atoms with E-state index < -0.39 is 5.41 Å². The number of carbonyl (C=O) groups excluding carboxylic acids is 2. The van der Waals surface area contributed by atoms with Crippen LogP contribution in [-0.2, 0) is 9.59 Å². The van der Waals surface area contributed by atoms with Gasteiger partial charge >= 0.3 is 0 Å². The number of amides is 2. The van der Waals surface area contributed by atoms with Crippen LogP contribution in [0.3, 0.4) is 0 Å². The normalized spacial score (nSPS) is 21.8. The Morgan fingerprint density at radius 3 is 2.50 bits per heavy atom. The first-order valence-electron chi connectivity index (χ1n) is 6.86. The van der Waals surface area contributed by atoms with Gasteiger partial charge in [0.1, 0.15) is 0 Å². The standard InChI is InChI=1S/C15H15ClINO2/c16-10-4-5-12(11(17)8-10)18-13(19)9-15(14(18)20)6-2-1-3-7-15/h4-5,8H,1-3,6-7,9H2. The van der Waals surface area contributed by atoms with Crippen molar-refractivity contribution in [2.24, 2.45) is 5.41 Å². The molecule has 3 rings (SSSR count). The van der Waals surface area contributed by atoms with E-state index in [9.17, 15) is 9.59 Å². The van der Waals surface area contributed by atoms with Crippen LogP contribution in [0.15, 0.2) is 18.2 Å². The molecule has 1 heterocycles. The maximum Gasteiger partial charge on any atom is 0.240 e. The second kappa shape index (κ2) is 5.30. The Morgan fingerprint density at radius 1 is 1.15 bits per heavy atom. The fourth-order valence-corrected chi connectivity index (χ4v) is 4.43. The molecule has 20 heavy (non-hydrogen) atoms. The molecule has 1 aromatic rings. The van der Waals surface area contributed by atoms with E-state index in [-0.39, 0.29) is 11.8 Å². The van der Waals surface area contributed by atoms with Crippen molar-refractivity contribution in [2.75, 3.05) is 4.90 Å². The molecule has 2 amide bonds. The van der Waals surface area contributed by atoms with Gasteiger partial charge in [-0.3, -0.25) is 9.59 Å². The predicted molar refractivity (Wildman–Crippen MR) is 86.8 cm³/mol. The van der Waals surface area contributed by atoms with Gasteiger partial charge in [-0.2, -0.15) is 0 Å². The molecule has 1 aromatic carbocycles. The van der Waals surface area contributed by atoms with Crippen molar-refractivity contribution in [1.82, 2.24) is 0 Å². The highest BCUT2D eigenvalue weighted by Gasteiger charge is 2.52. The summed E-state index contributed by atoms with van der Waals surface area (Å²) in [5.41, 5.74) is 0.241. The molecule has 5 heteroatoms. The van der Waals surface area contributed by atoms with Gasteiger partial charge in [0.15, 0.2) is 0 Å². The highest BCUT2D eigenvalue weighted by molar-refractivity contribution is 14.1. The molecule has 1 aliphatic carbocycles. The number of imide groups is 1. The average molecular weight is 404 g/mol. The van der Waals surface area contributed by atoms with Crippen LogP contribution in [0.4, 0.5) is 5.69 Å². The Hall–Kier alpha value is -0.620. The van der Waals surface area contributed by atoms with Crippen molar-refractivity contribution < 1.29 is 9.59 Å². The highest BCUT2D eigenvalue weighted by atomic mass is 127. The lowest BCUT2D eigenvalue weighted by Crippen LogP contribution is -2.37. The number of nitrogens with zero attached hydrogens (tertiary/aromatic N) is 1. The lowest BCUT2D eigenvalue weighted by molar-refractivity contribution is -0.127. The summed E-state index contributed by atoms with van der Waals surface area (Å²) in [5, 5.41) is 0.615. The zero-order valence-electron chi connectivity index (χ0n) is 11.0. The van der Waals surface area contributed by atoms with Gasteiger partial charge in [-0.25, -0.2) is 4.90 Å². The molecule has 0 N–H and O–H groups in total. The Balaban J connectivity index is 1.98. The SMILES string of the molecule is O=C1CC2(CCCCC2)C(=O)N1c1ccc(Cl)cc1I. The summed E-state index contributed by atoms with van der Waals surface area (Å²) < 4.78 is 0.838. The van der Waals surface area contributed by atoms with Gasteiger partial charge in [0.25, 0.3) is 0 Å². The van der Waals surface area contributed by atoms with Crippen LogP contribution in [0, 0.1) is 8.99 Å². The van der Waals surface area contributed by atoms with Crippen LogP contribution in [0.5, 0.6) is 0 Å². The van der Waals surface area contributed by atoms with Crippen LogP contribution >= 0.6 is 34.2 Å². The van der Waals surface area contributed by atoms with Gasteiger partial charge in [0, 0.05) is 15.0 Å². The molecule has 0 bridgehead atoms. The Labute approximate surface area is 136 Å². The third-order valence-electron chi connectivity index (χ3n) is 4.36.